The summed E-state index contributed by atoms with van der Waals surface area (Å²) in [6.07, 6.45) is 3.32. The Balaban J connectivity index is 1.46. The number of aliphatic hydroxyl groups excluding tert-OH is 1. The van der Waals surface area contributed by atoms with E-state index in [9.17, 15) is 5.11 Å². The number of anilines is 1. The highest BCUT2D eigenvalue weighted by Gasteiger charge is 2.43. The number of hydrogen-bond donors (Lipinski definition) is 1. The van der Waals surface area contributed by atoms with Gasteiger partial charge >= 0.3 is 0 Å². The van der Waals surface area contributed by atoms with Crippen LogP contribution in [0.4, 0.5) is 5.82 Å². The van der Waals surface area contributed by atoms with Gasteiger partial charge in [-0.1, -0.05) is 5.21 Å². The summed E-state index contributed by atoms with van der Waals surface area (Å²) in [5.74, 6) is 1.96. The summed E-state index contributed by atoms with van der Waals surface area (Å²) in [5.41, 5.74) is 1.87. The first-order valence-corrected chi connectivity index (χ1v) is 9.28. The van der Waals surface area contributed by atoms with E-state index in [2.05, 4.69) is 30.3 Å². The Kier molecular flexibility index (Phi) is 4.62. The number of aryl methyl sites for hydroxylation is 1. The number of nitrogens with zero attached hydrogens (tertiary/aromatic N) is 7. The van der Waals surface area contributed by atoms with Crippen LogP contribution in [0.25, 0.3) is 0 Å². The molecule has 0 spiro atoms. The van der Waals surface area contributed by atoms with Crippen molar-refractivity contribution in [2.75, 3.05) is 32.1 Å². The van der Waals surface area contributed by atoms with Gasteiger partial charge in [-0.15, -0.1) is 10.2 Å². The van der Waals surface area contributed by atoms with Gasteiger partial charge in [-0.25, -0.2) is 4.68 Å². The summed E-state index contributed by atoms with van der Waals surface area (Å²) in [6, 6.07) is 4.05. The monoisotopic (exact) mass is 357 g/mol. The Hall–Kier alpha value is -2.06. The van der Waals surface area contributed by atoms with Crippen LogP contribution in [0.15, 0.2) is 18.3 Å². The molecule has 8 heteroatoms. The normalized spacial score (nSPS) is 28.6. The zero-order valence-electron chi connectivity index (χ0n) is 15.7. The molecule has 2 aliphatic rings. The molecule has 2 aromatic heterocycles. The van der Waals surface area contributed by atoms with E-state index in [1.165, 1.54) is 0 Å². The lowest BCUT2D eigenvalue weighted by Gasteiger charge is -2.34. The van der Waals surface area contributed by atoms with Crippen LogP contribution >= 0.6 is 0 Å². The molecule has 1 aliphatic heterocycles. The van der Waals surface area contributed by atoms with Gasteiger partial charge in [0, 0.05) is 19.6 Å². The van der Waals surface area contributed by atoms with E-state index < -0.39 is 0 Å². The van der Waals surface area contributed by atoms with Gasteiger partial charge in [-0.2, -0.15) is 5.10 Å². The van der Waals surface area contributed by atoms with Gasteiger partial charge in [0.15, 0.2) is 5.82 Å². The summed E-state index contributed by atoms with van der Waals surface area (Å²) in [6.45, 7) is 4.61. The molecule has 0 aromatic carbocycles. The maximum Gasteiger partial charge on any atom is 0.151 e. The van der Waals surface area contributed by atoms with E-state index in [-0.39, 0.29) is 12.1 Å². The quantitative estimate of drug-likeness (QED) is 0.870. The average molecular weight is 357 g/mol. The third-order valence-electron chi connectivity index (χ3n) is 5.59. The average Bonchev–Trinajstić information content (AvgIpc) is 3.20. The van der Waals surface area contributed by atoms with Crippen LogP contribution in [0.5, 0.6) is 0 Å². The number of aliphatic hydroxyl groups is 1. The van der Waals surface area contributed by atoms with Crippen LogP contribution in [-0.4, -0.2) is 68.5 Å². The van der Waals surface area contributed by atoms with E-state index in [1.54, 1.807) is 0 Å². The van der Waals surface area contributed by atoms with Crippen LogP contribution in [-0.2, 0) is 6.54 Å². The van der Waals surface area contributed by atoms with Crippen molar-refractivity contribution in [2.24, 2.45) is 11.8 Å². The SMILES string of the molecule is Cc1ccc(N2C[C@H]3C[C@@H](n4cc(CN(C)C)nn4)[C@H](O)C[C@H]3C2)nn1. The van der Waals surface area contributed by atoms with Crippen LogP contribution in [0.2, 0.25) is 0 Å². The first-order valence-electron chi connectivity index (χ1n) is 9.28. The van der Waals surface area contributed by atoms with Gasteiger partial charge < -0.3 is 14.9 Å². The van der Waals surface area contributed by atoms with Gasteiger partial charge in [0.1, 0.15) is 0 Å². The molecule has 3 heterocycles. The lowest BCUT2D eigenvalue weighted by Crippen LogP contribution is -2.36. The van der Waals surface area contributed by atoms with Crippen molar-refractivity contribution in [3.63, 3.8) is 0 Å². The van der Waals surface area contributed by atoms with Gasteiger partial charge in [-0.3, -0.25) is 0 Å². The first-order chi connectivity index (χ1) is 12.5. The molecule has 26 heavy (non-hydrogen) atoms. The van der Waals surface area contributed by atoms with E-state index >= 15 is 0 Å². The van der Waals surface area contributed by atoms with Crippen molar-refractivity contribution in [1.82, 2.24) is 30.1 Å². The van der Waals surface area contributed by atoms with Crippen molar-refractivity contribution in [1.29, 1.82) is 0 Å². The minimum absolute atomic E-state index is 0.00344. The predicted molar refractivity (Wildman–Crippen MR) is 97.7 cm³/mol. The maximum absolute atomic E-state index is 10.7. The third-order valence-corrected chi connectivity index (χ3v) is 5.59. The fourth-order valence-corrected chi connectivity index (χ4v) is 4.31. The van der Waals surface area contributed by atoms with Crippen molar-refractivity contribution in [2.45, 2.75) is 38.5 Å². The molecule has 1 N–H and O–H groups in total. The summed E-state index contributed by atoms with van der Waals surface area (Å²) in [5, 5.41) is 27.8. The van der Waals surface area contributed by atoms with Crippen molar-refractivity contribution in [3.8, 4) is 0 Å². The van der Waals surface area contributed by atoms with Crippen LogP contribution < -0.4 is 4.90 Å². The maximum atomic E-state index is 10.7. The number of rotatable bonds is 4. The van der Waals surface area contributed by atoms with Gasteiger partial charge in [0.05, 0.1) is 29.7 Å². The summed E-state index contributed by atoms with van der Waals surface area (Å²) in [7, 11) is 4.03. The molecule has 1 saturated carbocycles. The van der Waals surface area contributed by atoms with Crippen molar-refractivity contribution >= 4 is 5.82 Å². The molecule has 2 fully saturated rings. The van der Waals surface area contributed by atoms with Gasteiger partial charge in [0.2, 0.25) is 0 Å². The fraction of sp³-hybridized carbons (Fsp3) is 0.667. The molecule has 8 nitrogen and oxygen atoms in total. The summed E-state index contributed by atoms with van der Waals surface area (Å²) in [4.78, 5) is 4.37. The molecule has 0 unspecified atom stereocenters. The molecule has 4 rings (SSSR count). The van der Waals surface area contributed by atoms with E-state index in [1.807, 2.05) is 44.0 Å². The van der Waals surface area contributed by atoms with Crippen LogP contribution in [0.1, 0.15) is 30.3 Å². The fourth-order valence-electron chi connectivity index (χ4n) is 4.31. The second kappa shape index (κ2) is 6.92. The van der Waals surface area contributed by atoms with Gasteiger partial charge in [0.25, 0.3) is 0 Å². The highest BCUT2D eigenvalue weighted by molar-refractivity contribution is 5.39. The van der Waals surface area contributed by atoms with E-state index in [0.717, 1.165) is 49.7 Å². The molecule has 0 radical (unpaired) electrons. The summed E-state index contributed by atoms with van der Waals surface area (Å²) >= 11 is 0. The minimum atomic E-state index is -0.380. The Morgan fingerprint density at radius 3 is 2.58 bits per heavy atom. The molecular formula is C18H27N7O. The number of aromatic nitrogens is 5. The lowest BCUT2D eigenvalue weighted by atomic mass is 9.77. The summed E-state index contributed by atoms with van der Waals surface area (Å²) < 4.78 is 1.87. The largest absolute Gasteiger partial charge is 0.391 e. The smallest absolute Gasteiger partial charge is 0.151 e. The molecule has 2 aromatic rings. The zero-order valence-corrected chi connectivity index (χ0v) is 15.7. The van der Waals surface area contributed by atoms with Crippen molar-refractivity contribution in [3.05, 3.63) is 29.7 Å². The predicted octanol–water partition coefficient (Wildman–Crippen LogP) is 0.887. The topological polar surface area (TPSA) is 83.2 Å². The Labute approximate surface area is 153 Å². The molecule has 1 aliphatic carbocycles. The Morgan fingerprint density at radius 1 is 1.12 bits per heavy atom. The number of fused-ring (bicyclic) bond motifs is 1. The molecule has 0 bridgehead atoms. The molecule has 0 amide bonds. The molecular weight excluding hydrogens is 330 g/mol. The Bertz CT molecular complexity index is 744. The Morgan fingerprint density at radius 2 is 1.88 bits per heavy atom. The number of hydrogen-bond acceptors (Lipinski definition) is 7. The second-order valence-corrected chi connectivity index (χ2v) is 7.99. The molecule has 140 valence electrons. The highest BCUT2D eigenvalue weighted by atomic mass is 16.3. The lowest BCUT2D eigenvalue weighted by molar-refractivity contribution is 0.0298. The highest BCUT2D eigenvalue weighted by Crippen LogP contribution is 2.41. The van der Waals surface area contributed by atoms with Crippen LogP contribution in [0, 0.1) is 18.8 Å². The second-order valence-electron chi connectivity index (χ2n) is 7.99. The molecule has 1 saturated heterocycles. The first kappa shape index (κ1) is 17.4. The van der Waals surface area contributed by atoms with E-state index in [0.29, 0.717) is 11.8 Å². The van der Waals surface area contributed by atoms with E-state index in [4.69, 9.17) is 0 Å². The standard InChI is InChI=1S/C18H27N7O/c1-12-4-5-18(21-19-12)24-8-13-6-16(17(26)7-14(13)9-24)25-11-15(20-22-25)10-23(2)3/h4-5,11,13-14,16-17,26H,6-10H2,1-3H3/t13-,14+,16-,17-/m1/s1. The van der Waals surface area contributed by atoms with Crippen molar-refractivity contribution < 1.29 is 5.11 Å². The third kappa shape index (κ3) is 3.43. The van der Waals surface area contributed by atoms with Gasteiger partial charge in [-0.05, 0) is 57.8 Å². The zero-order chi connectivity index (χ0) is 18.3. The van der Waals surface area contributed by atoms with Crippen LogP contribution in [0.3, 0.4) is 0 Å². The molecule has 4 atom stereocenters. The minimum Gasteiger partial charge on any atom is -0.391 e.